The quantitative estimate of drug-likeness (QED) is 0.379. The van der Waals surface area contributed by atoms with Gasteiger partial charge in [-0.25, -0.2) is 4.98 Å². The van der Waals surface area contributed by atoms with Crippen LogP contribution in [0.5, 0.6) is 5.75 Å². The van der Waals surface area contributed by atoms with Gasteiger partial charge in [-0.3, -0.25) is 0 Å². The fourth-order valence-electron chi connectivity index (χ4n) is 3.12. The van der Waals surface area contributed by atoms with Crippen LogP contribution in [0.2, 0.25) is 15.1 Å². The number of imidazole rings is 1. The van der Waals surface area contributed by atoms with Gasteiger partial charge < -0.3 is 24.0 Å². The Bertz CT molecular complexity index is 1050. The zero-order valence-corrected chi connectivity index (χ0v) is 18.7. The monoisotopic (exact) mass is 501 g/mol. The largest absolute Gasteiger partial charge is 0.489 e. The summed E-state index contributed by atoms with van der Waals surface area (Å²) in [5, 5.41) is 15.2. The first-order chi connectivity index (χ1) is 15.3. The first-order valence-corrected chi connectivity index (χ1v) is 10.4. The standard InChI is InChI=1S/C20H17Cl3N2O3.HNO3/c21-14-5-6-16(18(23)9-14)20(12-25-8-7-24-13-25)27-11-15(28-20)10-26-19-4-2-1-3-17(19)22;2-1(3)4/h1-9,13,15H,10-12H2;(H,2,3,4). The molecule has 12 heteroatoms. The average molecular weight is 503 g/mol. The van der Waals surface area contributed by atoms with Crippen LogP contribution >= 0.6 is 34.8 Å². The molecule has 1 saturated heterocycles. The van der Waals surface area contributed by atoms with E-state index >= 15 is 0 Å². The van der Waals surface area contributed by atoms with Gasteiger partial charge in [0, 0.05) is 23.0 Å². The van der Waals surface area contributed by atoms with E-state index in [4.69, 9.17) is 64.3 Å². The lowest BCUT2D eigenvalue weighted by Crippen LogP contribution is -2.34. The lowest BCUT2D eigenvalue weighted by Gasteiger charge is -2.30. The molecule has 2 heterocycles. The maximum Gasteiger partial charge on any atom is 0.291 e. The molecule has 0 amide bonds. The second kappa shape index (κ2) is 10.8. The Morgan fingerprint density at radius 1 is 1.25 bits per heavy atom. The topological polar surface area (TPSA) is 109 Å². The third-order valence-electron chi connectivity index (χ3n) is 4.41. The summed E-state index contributed by atoms with van der Waals surface area (Å²) in [6, 6.07) is 12.6. The first kappa shape index (κ1) is 24.1. The highest BCUT2D eigenvalue weighted by Gasteiger charge is 2.45. The molecule has 1 aliphatic heterocycles. The Hall–Kier alpha value is -2.56. The van der Waals surface area contributed by atoms with Crippen molar-refractivity contribution in [2.45, 2.75) is 18.4 Å². The van der Waals surface area contributed by atoms with Crippen molar-refractivity contribution in [1.29, 1.82) is 0 Å². The third-order valence-corrected chi connectivity index (χ3v) is 5.27. The predicted molar refractivity (Wildman–Crippen MR) is 117 cm³/mol. The van der Waals surface area contributed by atoms with Crippen molar-refractivity contribution in [3.8, 4) is 5.75 Å². The van der Waals surface area contributed by atoms with Crippen LogP contribution in [-0.4, -0.2) is 39.2 Å². The van der Waals surface area contributed by atoms with Crippen molar-refractivity contribution in [3.05, 3.63) is 91.9 Å². The van der Waals surface area contributed by atoms with Crippen molar-refractivity contribution in [2.24, 2.45) is 0 Å². The molecule has 1 fully saturated rings. The van der Waals surface area contributed by atoms with Crippen LogP contribution in [0.1, 0.15) is 5.56 Å². The van der Waals surface area contributed by atoms with Gasteiger partial charge in [-0.05, 0) is 24.3 Å². The van der Waals surface area contributed by atoms with E-state index in [2.05, 4.69) is 4.98 Å². The lowest BCUT2D eigenvalue weighted by molar-refractivity contribution is -0.742. The Labute approximate surface area is 198 Å². The molecule has 170 valence electrons. The van der Waals surface area contributed by atoms with Crippen LogP contribution < -0.4 is 4.74 Å². The number of ether oxygens (including phenoxy) is 3. The third kappa shape index (κ3) is 6.24. The molecule has 0 spiro atoms. The van der Waals surface area contributed by atoms with Gasteiger partial charge in [-0.15, -0.1) is 10.1 Å². The molecule has 2 aromatic carbocycles. The summed E-state index contributed by atoms with van der Waals surface area (Å²) in [5.41, 5.74) is 0.701. The van der Waals surface area contributed by atoms with E-state index in [1.54, 1.807) is 30.7 Å². The number of rotatable bonds is 6. The minimum atomic E-state index is -1.50. The molecule has 0 bridgehead atoms. The molecule has 1 N–H and O–H groups in total. The molecular weight excluding hydrogens is 485 g/mol. The van der Waals surface area contributed by atoms with Gasteiger partial charge in [0.25, 0.3) is 5.09 Å². The van der Waals surface area contributed by atoms with Crippen LogP contribution in [0.4, 0.5) is 0 Å². The second-order valence-electron chi connectivity index (χ2n) is 6.64. The van der Waals surface area contributed by atoms with E-state index in [0.717, 1.165) is 0 Å². The molecule has 9 nitrogen and oxygen atoms in total. The van der Waals surface area contributed by atoms with Gasteiger partial charge in [0.05, 0.1) is 29.5 Å². The zero-order valence-electron chi connectivity index (χ0n) is 16.4. The number of hydrogen-bond donors (Lipinski definition) is 1. The number of para-hydroxylation sites is 1. The van der Waals surface area contributed by atoms with Crippen LogP contribution in [0, 0.1) is 10.1 Å². The van der Waals surface area contributed by atoms with Crippen molar-refractivity contribution in [2.75, 3.05) is 13.2 Å². The maximum atomic E-state index is 8.36. The number of aromatic nitrogens is 2. The van der Waals surface area contributed by atoms with Gasteiger partial charge in [-0.1, -0.05) is 53.0 Å². The summed E-state index contributed by atoms with van der Waals surface area (Å²) in [6.07, 6.45) is 4.94. The molecule has 3 aromatic rings. The van der Waals surface area contributed by atoms with Crippen molar-refractivity contribution in [1.82, 2.24) is 9.55 Å². The van der Waals surface area contributed by atoms with Crippen molar-refractivity contribution >= 4 is 34.8 Å². The number of halogens is 3. The molecule has 0 radical (unpaired) electrons. The van der Waals surface area contributed by atoms with Crippen LogP contribution in [-0.2, 0) is 21.8 Å². The van der Waals surface area contributed by atoms with Crippen molar-refractivity contribution in [3.63, 3.8) is 0 Å². The molecule has 4 rings (SSSR count). The smallest absolute Gasteiger partial charge is 0.291 e. The van der Waals surface area contributed by atoms with Crippen LogP contribution in [0.25, 0.3) is 0 Å². The molecule has 1 aliphatic rings. The number of nitrogens with zero attached hydrogens (tertiary/aromatic N) is 3. The molecule has 1 aromatic heterocycles. The van der Waals surface area contributed by atoms with Crippen molar-refractivity contribution < 1.29 is 24.5 Å². The molecule has 0 aliphatic carbocycles. The Morgan fingerprint density at radius 3 is 2.66 bits per heavy atom. The van der Waals surface area contributed by atoms with Gasteiger partial charge in [0.2, 0.25) is 5.79 Å². The Balaban J connectivity index is 0.000000668. The summed E-state index contributed by atoms with van der Waals surface area (Å²) in [7, 11) is 0. The van der Waals surface area contributed by atoms with E-state index in [-0.39, 0.29) is 6.10 Å². The second-order valence-corrected chi connectivity index (χ2v) is 7.89. The highest BCUT2D eigenvalue weighted by molar-refractivity contribution is 6.35. The fourth-order valence-corrected chi connectivity index (χ4v) is 3.86. The Kier molecular flexibility index (Phi) is 8.16. The van der Waals surface area contributed by atoms with Gasteiger partial charge in [0.1, 0.15) is 18.5 Å². The molecule has 32 heavy (non-hydrogen) atoms. The summed E-state index contributed by atoms with van der Waals surface area (Å²) in [5.74, 6) is -0.471. The van der Waals surface area contributed by atoms with E-state index in [9.17, 15) is 0 Å². The zero-order chi connectivity index (χ0) is 23.1. The number of hydrogen-bond acceptors (Lipinski definition) is 6. The fraction of sp³-hybridized carbons (Fsp3) is 0.250. The summed E-state index contributed by atoms with van der Waals surface area (Å²) in [4.78, 5) is 12.4. The molecular formula is C20H18Cl3N3O6. The van der Waals surface area contributed by atoms with E-state index in [1.807, 2.05) is 35.0 Å². The average Bonchev–Trinajstić information content (AvgIpc) is 3.38. The van der Waals surface area contributed by atoms with Crippen LogP contribution in [0.3, 0.4) is 0 Å². The number of benzene rings is 2. The lowest BCUT2D eigenvalue weighted by atomic mass is 10.1. The predicted octanol–water partition coefficient (Wildman–Crippen LogP) is 4.84. The van der Waals surface area contributed by atoms with Gasteiger partial charge in [-0.2, -0.15) is 0 Å². The summed E-state index contributed by atoms with van der Waals surface area (Å²) < 4.78 is 20.2. The maximum absolute atomic E-state index is 8.36. The van der Waals surface area contributed by atoms with Gasteiger partial charge in [0.15, 0.2) is 0 Å². The first-order valence-electron chi connectivity index (χ1n) is 9.23. The highest BCUT2D eigenvalue weighted by Crippen LogP contribution is 2.40. The van der Waals surface area contributed by atoms with Gasteiger partial charge >= 0.3 is 0 Å². The molecule has 2 atom stereocenters. The minimum absolute atomic E-state index is 0.292. The molecule has 0 saturated carbocycles. The minimum Gasteiger partial charge on any atom is -0.489 e. The van der Waals surface area contributed by atoms with Crippen LogP contribution in [0.15, 0.2) is 61.2 Å². The van der Waals surface area contributed by atoms with E-state index in [0.29, 0.717) is 46.1 Å². The summed E-state index contributed by atoms with van der Waals surface area (Å²) in [6.45, 7) is 1.02. The SMILES string of the molecule is Clc1ccc(C2(Cn3ccnc3)OCC(COc3ccccc3Cl)O2)c(Cl)c1.O=[N+]([O-])O. The highest BCUT2D eigenvalue weighted by atomic mass is 35.5. The Morgan fingerprint density at radius 2 is 2.00 bits per heavy atom. The normalized spacial score (nSPS) is 19.8. The van der Waals surface area contributed by atoms with E-state index in [1.165, 1.54) is 0 Å². The van der Waals surface area contributed by atoms with E-state index < -0.39 is 10.9 Å². The summed E-state index contributed by atoms with van der Waals surface area (Å²) >= 11 is 18.7. The molecule has 2 unspecified atom stereocenters.